The van der Waals surface area contributed by atoms with Gasteiger partial charge in [0, 0.05) is 11.3 Å². The summed E-state index contributed by atoms with van der Waals surface area (Å²) in [5.41, 5.74) is 2.04. The minimum Gasteiger partial charge on any atom is -0.481 e. The highest BCUT2D eigenvalue weighted by molar-refractivity contribution is 7.92. The Balaban J connectivity index is 2.23. The molecule has 2 rings (SSSR count). The lowest BCUT2D eigenvalue weighted by Gasteiger charge is -2.07. The van der Waals surface area contributed by atoms with Crippen LogP contribution in [0.2, 0.25) is 0 Å². The van der Waals surface area contributed by atoms with E-state index in [1.165, 1.54) is 24.3 Å². The summed E-state index contributed by atoms with van der Waals surface area (Å²) in [6, 6.07) is 5.70. The highest BCUT2D eigenvalue weighted by Crippen LogP contribution is 2.19. The number of aliphatic carboxylic acids is 1. The summed E-state index contributed by atoms with van der Waals surface area (Å²) in [4.78, 5) is 10.6. The molecule has 0 aliphatic rings. The molecule has 0 spiro atoms. The van der Waals surface area contributed by atoms with Crippen LogP contribution in [0.25, 0.3) is 0 Å². The van der Waals surface area contributed by atoms with E-state index in [0.29, 0.717) is 5.56 Å². The molecule has 0 unspecified atom stereocenters. The first-order valence-electron chi connectivity index (χ1n) is 6.15. The first kappa shape index (κ1) is 15.0. The van der Waals surface area contributed by atoms with Crippen molar-refractivity contribution in [1.29, 1.82) is 0 Å². The van der Waals surface area contributed by atoms with Gasteiger partial charge in [-0.2, -0.15) is 5.10 Å². The van der Waals surface area contributed by atoms with Gasteiger partial charge >= 0.3 is 5.97 Å². The Hall–Kier alpha value is -2.35. The topological polar surface area (TPSA) is 112 Å². The molecule has 0 aliphatic carbocycles. The van der Waals surface area contributed by atoms with Crippen molar-refractivity contribution in [3.63, 3.8) is 0 Å². The summed E-state index contributed by atoms with van der Waals surface area (Å²) < 4.78 is 26.8. The van der Waals surface area contributed by atoms with Crippen LogP contribution in [-0.2, 0) is 21.2 Å². The van der Waals surface area contributed by atoms with E-state index in [2.05, 4.69) is 14.9 Å². The molecule has 1 aromatic carbocycles. The number of hydrogen-bond donors (Lipinski definition) is 3. The van der Waals surface area contributed by atoms with E-state index in [1.807, 2.05) is 0 Å². The van der Waals surface area contributed by atoms with Crippen molar-refractivity contribution in [1.82, 2.24) is 10.2 Å². The zero-order valence-electron chi connectivity index (χ0n) is 11.5. The van der Waals surface area contributed by atoms with E-state index in [1.54, 1.807) is 13.8 Å². The van der Waals surface area contributed by atoms with Gasteiger partial charge in [0.1, 0.15) is 0 Å². The first-order chi connectivity index (χ1) is 9.79. The number of sulfonamides is 1. The normalized spacial score (nSPS) is 11.3. The van der Waals surface area contributed by atoms with Gasteiger partial charge in [-0.3, -0.25) is 14.6 Å². The van der Waals surface area contributed by atoms with Gasteiger partial charge in [-0.15, -0.1) is 0 Å². The minimum atomic E-state index is -3.75. The number of anilines is 1. The average molecular weight is 309 g/mol. The molecule has 3 N–H and O–H groups in total. The fourth-order valence-corrected chi connectivity index (χ4v) is 2.80. The zero-order valence-corrected chi connectivity index (χ0v) is 12.4. The molecule has 2 aromatic rings. The predicted octanol–water partition coefficient (Wildman–Crippen LogP) is 1.45. The molecule has 1 heterocycles. The lowest BCUT2D eigenvalue weighted by Crippen LogP contribution is -2.14. The van der Waals surface area contributed by atoms with Crippen LogP contribution in [0, 0.1) is 13.8 Å². The largest absolute Gasteiger partial charge is 0.481 e. The number of nitrogens with zero attached hydrogens (tertiary/aromatic N) is 1. The van der Waals surface area contributed by atoms with Crippen LogP contribution in [-0.4, -0.2) is 29.7 Å². The second-order valence-electron chi connectivity index (χ2n) is 4.64. The Morgan fingerprint density at radius 2 is 1.90 bits per heavy atom. The standard InChI is InChI=1S/C13H15N3O4S/c1-8-9(2)14-15-13(8)16-21(19,20)11-5-3-10(4-6-11)7-12(17)18/h3-6H,7H2,1-2H3,(H,17,18)(H2,14,15,16). The first-order valence-corrected chi connectivity index (χ1v) is 7.63. The summed E-state index contributed by atoms with van der Waals surface area (Å²) in [7, 11) is -3.75. The highest BCUT2D eigenvalue weighted by Gasteiger charge is 2.17. The highest BCUT2D eigenvalue weighted by atomic mass is 32.2. The van der Waals surface area contributed by atoms with Crippen molar-refractivity contribution in [3.8, 4) is 0 Å². The van der Waals surface area contributed by atoms with Gasteiger partial charge in [-0.25, -0.2) is 8.42 Å². The van der Waals surface area contributed by atoms with E-state index in [4.69, 9.17) is 5.11 Å². The van der Waals surface area contributed by atoms with E-state index < -0.39 is 16.0 Å². The molecule has 0 fully saturated rings. The number of carboxylic acids is 1. The van der Waals surface area contributed by atoms with Crippen LogP contribution < -0.4 is 4.72 Å². The lowest BCUT2D eigenvalue weighted by molar-refractivity contribution is -0.136. The van der Waals surface area contributed by atoms with E-state index in [-0.39, 0.29) is 17.1 Å². The van der Waals surface area contributed by atoms with Gasteiger partial charge in [0.2, 0.25) is 0 Å². The van der Waals surface area contributed by atoms with Crippen molar-refractivity contribution in [2.75, 3.05) is 4.72 Å². The molecule has 21 heavy (non-hydrogen) atoms. The molecule has 112 valence electrons. The second kappa shape index (κ2) is 5.57. The second-order valence-corrected chi connectivity index (χ2v) is 6.32. The lowest BCUT2D eigenvalue weighted by atomic mass is 10.2. The molecule has 0 radical (unpaired) electrons. The van der Waals surface area contributed by atoms with Gasteiger partial charge in [-0.05, 0) is 31.5 Å². The Bertz CT molecular complexity index is 763. The molecule has 0 saturated carbocycles. The molecule has 0 bridgehead atoms. The zero-order chi connectivity index (χ0) is 15.6. The molecule has 8 heteroatoms. The Labute approximate surface area is 122 Å². The molecule has 0 aliphatic heterocycles. The van der Waals surface area contributed by atoms with Gasteiger partial charge in [0.25, 0.3) is 10.0 Å². The van der Waals surface area contributed by atoms with Crippen LogP contribution in [0.1, 0.15) is 16.8 Å². The van der Waals surface area contributed by atoms with Gasteiger partial charge in [0.05, 0.1) is 11.3 Å². The average Bonchev–Trinajstić information content (AvgIpc) is 2.70. The van der Waals surface area contributed by atoms with Gasteiger partial charge in [-0.1, -0.05) is 12.1 Å². The minimum absolute atomic E-state index is 0.0525. The number of benzene rings is 1. The molecule has 1 aromatic heterocycles. The number of H-pyrrole nitrogens is 1. The SMILES string of the molecule is Cc1[nH]nc(NS(=O)(=O)c2ccc(CC(=O)O)cc2)c1C. The van der Waals surface area contributed by atoms with Crippen LogP contribution in [0.3, 0.4) is 0 Å². The van der Waals surface area contributed by atoms with Crippen molar-refractivity contribution < 1.29 is 18.3 Å². The Morgan fingerprint density at radius 1 is 1.29 bits per heavy atom. The Kier molecular flexibility index (Phi) is 3.99. The van der Waals surface area contributed by atoms with Crippen LogP contribution in [0.5, 0.6) is 0 Å². The van der Waals surface area contributed by atoms with Crippen LogP contribution in [0.4, 0.5) is 5.82 Å². The number of carboxylic acid groups (broad SMARTS) is 1. The van der Waals surface area contributed by atoms with E-state index >= 15 is 0 Å². The summed E-state index contributed by atoms with van der Waals surface area (Å²) >= 11 is 0. The molecular formula is C13H15N3O4S. The van der Waals surface area contributed by atoms with Crippen LogP contribution in [0.15, 0.2) is 29.2 Å². The van der Waals surface area contributed by atoms with E-state index in [0.717, 1.165) is 11.3 Å². The smallest absolute Gasteiger partial charge is 0.307 e. The van der Waals surface area contributed by atoms with Crippen molar-refractivity contribution in [2.45, 2.75) is 25.2 Å². The third-order valence-electron chi connectivity index (χ3n) is 3.07. The maximum Gasteiger partial charge on any atom is 0.307 e. The number of hydrogen-bond acceptors (Lipinski definition) is 4. The molecule has 0 atom stereocenters. The fourth-order valence-electron chi connectivity index (χ4n) is 1.73. The maximum absolute atomic E-state index is 12.2. The summed E-state index contributed by atoms with van der Waals surface area (Å²) in [6.07, 6.45) is -0.147. The number of aromatic nitrogens is 2. The van der Waals surface area contributed by atoms with Crippen molar-refractivity contribution in [2.24, 2.45) is 0 Å². The number of nitrogens with one attached hydrogen (secondary N) is 2. The molecular weight excluding hydrogens is 294 g/mol. The number of carbonyl (C=O) groups is 1. The number of rotatable bonds is 5. The maximum atomic E-state index is 12.2. The van der Waals surface area contributed by atoms with Crippen molar-refractivity contribution in [3.05, 3.63) is 41.1 Å². The number of aromatic amines is 1. The molecule has 0 saturated heterocycles. The summed E-state index contributed by atoms with van der Waals surface area (Å²) in [5, 5.41) is 15.3. The fraction of sp³-hybridized carbons (Fsp3) is 0.231. The summed E-state index contributed by atoms with van der Waals surface area (Å²) in [6.45, 7) is 3.55. The predicted molar refractivity (Wildman–Crippen MR) is 76.7 cm³/mol. The molecule has 7 nitrogen and oxygen atoms in total. The molecule has 0 amide bonds. The van der Waals surface area contributed by atoms with Crippen LogP contribution >= 0.6 is 0 Å². The quantitative estimate of drug-likeness (QED) is 0.774. The monoisotopic (exact) mass is 309 g/mol. The summed E-state index contributed by atoms with van der Waals surface area (Å²) in [5.74, 6) is -0.714. The third-order valence-corrected chi connectivity index (χ3v) is 4.43. The number of aryl methyl sites for hydroxylation is 1. The Morgan fingerprint density at radius 3 is 2.38 bits per heavy atom. The van der Waals surface area contributed by atoms with Gasteiger partial charge in [0.15, 0.2) is 5.82 Å². The van der Waals surface area contributed by atoms with Crippen molar-refractivity contribution >= 4 is 21.8 Å². The van der Waals surface area contributed by atoms with Gasteiger partial charge < -0.3 is 5.11 Å². The third kappa shape index (κ3) is 3.40. The van der Waals surface area contributed by atoms with E-state index in [9.17, 15) is 13.2 Å².